The Hall–Kier alpha value is -1.50. The molecular weight excluding hydrogens is 304 g/mol. The number of thioether (sulfide) groups is 1. The van der Waals surface area contributed by atoms with Gasteiger partial charge in [-0.1, -0.05) is 18.2 Å². The molecule has 0 aromatic heterocycles. The molecule has 4 nitrogen and oxygen atoms in total. The molecule has 0 atom stereocenters. The Labute approximate surface area is 130 Å². The van der Waals surface area contributed by atoms with Crippen LogP contribution in [0.25, 0.3) is 0 Å². The van der Waals surface area contributed by atoms with Gasteiger partial charge in [0.1, 0.15) is 0 Å². The minimum atomic E-state index is -3.53. The van der Waals surface area contributed by atoms with Crippen molar-refractivity contribution in [1.29, 1.82) is 0 Å². The second-order valence-corrected chi connectivity index (χ2v) is 7.61. The van der Waals surface area contributed by atoms with Crippen LogP contribution in [0.3, 0.4) is 0 Å². The van der Waals surface area contributed by atoms with Crippen LogP contribution in [0.4, 0.5) is 5.69 Å². The molecule has 0 aliphatic rings. The van der Waals surface area contributed by atoms with Gasteiger partial charge in [-0.15, -0.1) is 11.8 Å². The maximum atomic E-state index is 12.5. The monoisotopic (exact) mass is 322 g/mol. The predicted octanol–water partition coefficient (Wildman–Crippen LogP) is 2.81. The average Bonchev–Trinajstić information content (AvgIpc) is 2.48. The van der Waals surface area contributed by atoms with Gasteiger partial charge in [0.2, 0.25) is 10.0 Å². The van der Waals surface area contributed by atoms with Crippen molar-refractivity contribution in [2.24, 2.45) is 0 Å². The normalized spacial score (nSPS) is 11.8. The summed E-state index contributed by atoms with van der Waals surface area (Å²) < 4.78 is 26.3. The van der Waals surface area contributed by atoms with Gasteiger partial charge in [-0.3, -0.25) is 0 Å². The van der Waals surface area contributed by atoms with E-state index in [-0.39, 0.29) is 4.90 Å². The summed E-state index contributed by atoms with van der Waals surface area (Å²) in [5.74, 6) is 0. The number of benzene rings is 2. The molecule has 0 saturated carbocycles. The Morgan fingerprint density at radius 3 is 2.38 bits per heavy atom. The van der Waals surface area contributed by atoms with Crippen molar-refractivity contribution >= 4 is 27.5 Å². The number of hydrogen-bond donors (Lipinski definition) is 1. The highest BCUT2D eigenvalue weighted by atomic mass is 32.2. The van der Waals surface area contributed by atoms with E-state index in [0.717, 1.165) is 10.5 Å². The van der Waals surface area contributed by atoms with E-state index in [0.29, 0.717) is 12.2 Å². The van der Waals surface area contributed by atoms with E-state index in [1.807, 2.05) is 30.5 Å². The molecule has 0 radical (unpaired) electrons. The molecule has 0 unspecified atom stereocenters. The number of nitrogen functional groups attached to an aromatic ring is 1. The molecule has 2 aromatic rings. The molecule has 0 amide bonds. The Bertz CT molecular complexity index is 713. The lowest BCUT2D eigenvalue weighted by molar-refractivity contribution is 0.466. The van der Waals surface area contributed by atoms with Crippen LogP contribution >= 0.6 is 11.8 Å². The molecule has 2 N–H and O–H groups in total. The molecule has 21 heavy (non-hydrogen) atoms. The lowest BCUT2D eigenvalue weighted by Gasteiger charge is -2.17. The Kier molecular flexibility index (Phi) is 4.92. The van der Waals surface area contributed by atoms with Gasteiger partial charge in [0.25, 0.3) is 0 Å². The number of sulfonamides is 1. The first kappa shape index (κ1) is 15.9. The van der Waals surface area contributed by atoms with Gasteiger partial charge in [0, 0.05) is 24.2 Å². The van der Waals surface area contributed by atoms with Crippen molar-refractivity contribution in [3.8, 4) is 0 Å². The van der Waals surface area contributed by atoms with E-state index in [1.165, 1.54) is 10.4 Å². The first-order valence-corrected chi connectivity index (χ1v) is 9.05. The summed E-state index contributed by atoms with van der Waals surface area (Å²) in [5, 5.41) is 0. The van der Waals surface area contributed by atoms with Gasteiger partial charge < -0.3 is 5.73 Å². The minimum absolute atomic E-state index is 0.214. The van der Waals surface area contributed by atoms with Crippen LogP contribution in [-0.2, 0) is 16.6 Å². The quantitative estimate of drug-likeness (QED) is 0.679. The zero-order chi connectivity index (χ0) is 15.5. The minimum Gasteiger partial charge on any atom is -0.399 e. The molecule has 0 fully saturated rings. The van der Waals surface area contributed by atoms with Crippen molar-refractivity contribution in [2.45, 2.75) is 16.3 Å². The van der Waals surface area contributed by atoms with Crippen molar-refractivity contribution in [1.82, 2.24) is 4.31 Å². The molecule has 0 saturated heterocycles. The Morgan fingerprint density at radius 1 is 1.14 bits per heavy atom. The molecule has 6 heteroatoms. The topological polar surface area (TPSA) is 63.4 Å². The molecule has 2 aromatic carbocycles. The molecule has 0 aliphatic carbocycles. The van der Waals surface area contributed by atoms with Gasteiger partial charge in [-0.25, -0.2) is 8.42 Å². The second-order valence-electron chi connectivity index (χ2n) is 4.68. The number of hydrogen-bond acceptors (Lipinski definition) is 4. The molecule has 2 rings (SSSR count). The van der Waals surface area contributed by atoms with Gasteiger partial charge in [-0.05, 0) is 42.2 Å². The molecule has 0 bridgehead atoms. The third kappa shape index (κ3) is 3.78. The van der Waals surface area contributed by atoms with Crippen LogP contribution in [0.15, 0.2) is 58.3 Å². The molecule has 0 spiro atoms. The molecule has 0 aliphatic heterocycles. The largest absolute Gasteiger partial charge is 0.399 e. The van der Waals surface area contributed by atoms with E-state index in [9.17, 15) is 8.42 Å². The van der Waals surface area contributed by atoms with Crippen LogP contribution in [0.1, 0.15) is 5.56 Å². The predicted molar refractivity (Wildman–Crippen MR) is 87.7 cm³/mol. The zero-order valence-corrected chi connectivity index (χ0v) is 13.6. The summed E-state index contributed by atoms with van der Waals surface area (Å²) in [6.45, 7) is 0.325. The maximum absolute atomic E-state index is 12.5. The highest BCUT2D eigenvalue weighted by Gasteiger charge is 2.20. The van der Waals surface area contributed by atoms with E-state index in [1.54, 1.807) is 37.0 Å². The summed E-state index contributed by atoms with van der Waals surface area (Å²) in [6.07, 6.45) is 2.01. The third-order valence-corrected chi connectivity index (χ3v) is 5.67. The van der Waals surface area contributed by atoms with Gasteiger partial charge >= 0.3 is 0 Å². The summed E-state index contributed by atoms with van der Waals surface area (Å²) in [6, 6.07) is 14.2. The van der Waals surface area contributed by atoms with E-state index in [2.05, 4.69) is 0 Å². The number of nitrogens with zero attached hydrogens (tertiary/aromatic N) is 1. The zero-order valence-electron chi connectivity index (χ0n) is 12.0. The van der Waals surface area contributed by atoms with E-state index in [4.69, 9.17) is 5.73 Å². The standard InChI is InChI=1S/C15H18N2O2S2/c1-17(11-12-6-8-14(20-2)9-7-12)21(18,19)15-5-3-4-13(16)10-15/h3-10H,11,16H2,1-2H3. The number of nitrogens with two attached hydrogens (primary N) is 1. The van der Waals surface area contributed by atoms with Crippen molar-refractivity contribution in [2.75, 3.05) is 19.0 Å². The fourth-order valence-electron chi connectivity index (χ4n) is 1.93. The highest BCUT2D eigenvalue weighted by molar-refractivity contribution is 7.98. The first-order chi connectivity index (χ1) is 9.93. The van der Waals surface area contributed by atoms with Gasteiger partial charge in [0.15, 0.2) is 0 Å². The van der Waals surface area contributed by atoms with E-state index >= 15 is 0 Å². The van der Waals surface area contributed by atoms with Crippen molar-refractivity contribution < 1.29 is 8.42 Å². The summed E-state index contributed by atoms with van der Waals surface area (Å²) >= 11 is 1.65. The highest BCUT2D eigenvalue weighted by Crippen LogP contribution is 2.20. The van der Waals surface area contributed by atoms with Gasteiger partial charge in [-0.2, -0.15) is 4.31 Å². The van der Waals surface area contributed by atoms with Crippen molar-refractivity contribution in [3.63, 3.8) is 0 Å². The third-order valence-electron chi connectivity index (χ3n) is 3.13. The van der Waals surface area contributed by atoms with Crippen LogP contribution in [0, 0.1) is 0 Å². The molecular formula is C15H18N2O2S2. The summed E-state index contributed by atoms with van der Waals surface area (Å²) in [5.41, 5.74) is 7.04. The lowest BCUT2D eigenvalue weighted by atomic mass is 10.2. The van der Waals surface area contributed by atoms with Crippen LogP contribution in [-0.4, -0.2) is 26.0 Å². The van der Waals surface area contributed by atoms with Crippen LogP contribution < -0.4 is 5.73 Å². The van der Waals surface area contributed by atoms with E-state index < -0.39 is 10.0 Å². The number of rotatable bonds is 5. The maximum Gasteiger partial charge on any atom is 0.243 e. The smallest absolute Gasteiger partial charge is 0.243 e. The Balaban J connectivity index is 2.20. The summed E-state index contributed by atoms with van der Waals surface area (Å²) in [7, 11) is -1.96. The van der Waals surface area contributed by atoms with Crippen LogP contribution in [0.2, 0.25) is 0 Å². The average molecular weight is 322 g/mol. The SMILES string of the molecule is CSc1ccc(CN(C)S(=O)(=O)c2cccc(N)c2)cc1. The van der Waals surface area contributed by atoms with Crippen LogP contribution in [0.5, 0.6) is 0 Å². The second kappa shape index (κ2) is 6.51. The van der Waals surface area contributed by atoms with Crippen molar-refractivity contribution in [3.05, 3.63) is 54.1 Å². The first-order valence-electron chi connectivity index (χ1n) is 6.38. The molecule has 112 valence electrons. The lowest BCUT2D eigenvalue weighted by Crippen LogP contribution is -2.26. The number of anilines is 1. The fourth-order valence-corrected chi connectivity index (χ4v) is 3.55. The fraction of sp³-hybridized carbons (Fsp3) is 0.200. The van der Waals surface area contributed by atoms with Gasteiger partial charge in [0.05, 0.1) is 4.90 Å². The Morgan fingerprint density at radius 2 is 1.81 bits per heavy atom. The molecule has 0 heterocycles. The summed E-state index contributed by atoms with van der Waals surface area (Å²) in [4.78, 5) is 1.37.